The van der Waals surface area contributed by atoms with Gasteiger partial charge in [0.15, 0.2) is 6.29 Å². The molecule has 0 aliphatic rings. The Morgan fingerprint density at radius 2 is 2.00 bits per heavy atom. The van der Waals surface area contributed by atoms with Crippen LogP contribution in [-0.2, 0) is 16.0 Å². The highest BCUT2D eigenvalue weighted by Gasteiger charge is 2.03. The Bertz CT molecular complexity index is 285. The summed E-state index contributed by atoms with van der Waals surface area (Å²) in [7, 11) is 3.28. The zero-order valence-electron chi connectivity index (χ0n) is 9.62. The van der Waals surface area contributed by atoms with E-state index in [0.29, 0.717) is 6.54 Å². The van der Waals surface area contributed by atoms with Crippen molar-refractivity contribution in [1.82, 2.24) is 5.32 Å². The summed E-state index contributed by atoms with van der Waals surface area (Å²) in [6.07, 6.45) is -0.171. The van der Waals surface area contributed by atoms with Crippen molar-refractivity contribution in [3.05, 3.63) is 35.4 Å². The molecule has 15 heavy (non-hydrogen) atoms. The van der Waals surface area contributed by atoms with E-state index >= 15 is 0 Å². The van der Waals surface area contributed by atoms with E-state index < -0.39 is 0 Å². The molecule has 0 radical (unpaired) electrons. The molecule has 0 unspecified atom stereocenters. The molecule has 0 aliphatic heterocycles. The van der Waals surface area contributed by atoms with Crippen LogP contribution in [0.3, 0.4) is 0 Å². The fourth-order valence-electron chi connectivity index (χ4n) is 1.42. The molecule has 3 heteroatoms. The van der Waals surface area contributed by atoms with Crippen LogP contribution in [0.1, 0.15) is 11.1 Å². The van der Waals surface area contributed by atoms with Crippen LogP contribution in [-0.4, -0.2) is 27.1 Å². The van der Waals surface area contributed by atoms with E-state index in [2.05, 4.69) is 36.5 Å². The number of nitrogens with one attached hydrogen (secondary N) is 1. The van der Waals surface area contributed by atoms with Crippen molar-refractivity contribution in [2.24, 2.45) is 0 Å². The van der Waals surface area contributed by atoms with E-state index in [-0.39, 0.29) is 6.29 Å². The quantitative estimate of drug-likeness (QED) is 0.723. The van der Waals surface area contributed by atoms with Gasteiger partial charge < -0.3 is 14.8 Å². The van der Waals surface area contributed by atoms with Gasteiger partial charge >= 0.3 is 0 Å². The van der Waals surface area contributed by atoms with E-state index in [1.54, 1.807) is 14.2 Å². The molecule has 0 saturated carbocycles. The molecule has 0 saturated heterocycles. The molecule has 0 bridgehead atoms. The van der Waals surface area contributed by atoms with Crippen molar-refractivity contribution in [2.45, 2.75) is 19.8 Å². The van der Waals surface area contributed by atoms with Gasteiger partial charge in [-0.2, -0.15) is 0 Å². The minimum Gasteiger partial charge on any atom is -0.355 e. The zero-order chi connectivity index (χ0) is 11.1. The summed E-state index contributed by atoms with van der Waals surface area (Å²) < 4.78 is 10.2. The van der Waals surface area contributed by atoms with Gasteiger partial charge in [-0.05, 0) is 12.5 Å². The molecule has 84 valence electrons. The predicted molar refractivity (Wildman–Crippen MR) is 60.7 cm³/mol. The summed E-state index contributed by atoms with van der Waals surface area (Å²) in [4.78, 5) is 0. The number of benzene rings is 1. The Morgan fingerprint density at radius 3 is 2.60 bits per heavy atom. The van der Waals surface area contributed by atoms with Crippen molar-refractivity contribution >= 4 is 0 Å². The standard InChI is InChI=1S/C12H19NO2/c1-10-5-4-6-11(7-10)8-13-9-12(14-2)15-3/h4-7,12-13H,8-9H2,1-3H3. The maximum Gasteiger partial charge on any atom is 0.169 e. The molecule has 0 spiro atoms. The molecular formula is C12H19NO2. The van der Waals surface area contributed by atoms with E-state index in [0.717, 1.165) is 6.54 Å². The van der Waals surface area contributed by atoms with Crippen LogP contribution in [0.15, 0.2) is 24.3 Å². The highest BCUT2D eigenvalue weighted by molar-refractivity contribution is 5.21. The smallest absolute Gasteiger partial charge is 0.169 e. The Morgan fingerprint density at radius 1 is 1.27 bits per heavy atom. The lowest BCUT2D eigenvalue weighted by Gasteiger charge is -2.14. The van der Waals surface area contributed by atoms with E-state index in [1.807, 2.05) is 0 Å². The number of aryl methyl sites for hydroxylation is 1. The van der Waals surface area contributed by atoms with E-state index in [9.17, 15) is 0 Å². The van der Waals surface area contributed by atoms with Crippen LogP contribution >= 0.6 is 0 Å². The van der Waals surface area contributed by atoms with Gasteiger partial charge in [0.1, 0.15) is 0 Å². The summed E-state index contributed by atoms with van der Waals surface area (Å²) >= 11 is 0. The second-order valence-corrected chi connectivity index (χ2v) is 3.52. The van der Waals surface area contributed by atoms with Crippen LogP contribution in [0.25, 0.3) is 0 Å². The largest absolute Gasteiger partial charge is 0.355 e. The maximum atomic E-state index is 5.08. The second-order valence-electron chi connectivity index (χ2n) is 3.52. The Balaban J connectivity index is 2.31. The average molecular weight is 209 g/mol. The Labute approximate surface area is 91.4 Å². The third-order valence-electron chi connectivity index (χ3n) is 2.25. The molecule has 0 atom stereocenters. The minimum absolute atomic E-state index is 0.171. The molecular weight excluding hydrogens is 190 g/mol. The predicted octanol–water partition coefficient (Wildman–Crippen LogP) is 1.70. The first-order valence-electron chi connectivity index (χ1n) is 5.08. The molecule has 0 heterocycles. The molecule has 1 rings (SSSR count). The van der Waals surface area contributed by atoms with Gasteiger partial charge in [0.05, 0.1) is 0 Å². The van der Waals surface area contributed by atoms with Gasteiger partial charge in [-0.15, -0.1) is 0 Å². The number of methoxy groups -OCH3 is 2. The first-order valence-corrected chi connectivity index (χ1v) is 5.08. The molecule has 0 amide bonds. The Hall–Kier alpha value is -0.900. The summed E-state index contributed by atoms with van der Waals surface area (Å²) in [5, 5.41) is 3.28. The van der Waals surface area contributed by atoms with Gasteiger partial charge in [-0.1, -0.05) is 29.8 Å². The first-order chi connectivity index (χ1) is 7.26. The van der Waals surface area contributed by atoms with Crippen LogP contribution in [0.5, 0.6) is 0 Å². The first kappa shape index (κ1) is 12.2. The maximum absolute atomic E-state index is 5.08. The zero-order valence-corrected chi connectivity index (χ0v) is 9.62. The molecule has 1 aromatic carbocycles. The van der Waals surface area contributed by atoms with Crippen molar-refractivity contribution in [2.75, 3.05) is 20.8 Å². The van der Waals surface area contributed by atoms with E-state index in [1.165, 1.54) is 11.1 Å². The molecule has 1 N–H and O–H groups in total. The number of rotatable bonds is 6. The monoisotopic (exact) mass is 209 g/mol. The molecule has 0 aromatic heterocycles. The van der Waals surface area contributed by atoms with Gasteiger partial charge in [-0.25, -0.2) is 0 Å². The van der Waals surface area contributed by atoms with Crippen LogP contribution < -0.4 is 5.32 Å². The third kappa shape index (κ3) is 4.42. The lowest BCUT2D eigenvalue weighted by molar-refractivity contribution is -0.0989. The topological polar surface area (TPSA) is 30.5 Å². The summed E-state index contributed by atoms with van der Waals surface area (Å²) in [6, 6.07) is 8.43. The van der Waals surface area contributed by atoms with Gasteiger partial charge in [-0.3, -0.25) is 0 Å². The van der Waals surface area contributed by atoms with Crippen LogP contribution in [0.4, 0.5) is 0 Å². The number of ether oxygens (including phenoxy) is 2. The molecule has 3 nitrogen and oxygen atoms in total. The van der Waals surface area contributed by atoms with Crippen molar-refractivity contribution < 1.29 is 9.47 Å². The summed E-state index contributed by atoms with van der Waals surface area (Å²) in [5.74, 6) is 0. The highest BCUT2D eigenvalue weighted by atomic mass is 16.7. The van der Waals surface area contributed by atoms with Crippen LogP contribution in [0.2, 0.25) is 0 Å². The fourth-order valence-corrected chi connectivity index (χ4v) is 1.42. The van der Waals surface area contributed by atoms with Gasteiger partial charge in [0.2, 0.25) is 0 Å². The lowest BCUT2D eigenvalue weighted by Crippen LogP contribution is -2.29. The fraction of sp³-hybridized carbons (Fsp3) is 0.500. The molecule has 0 fully saturated rings. The number of hydrogen-bond acceptors (Lipinski definition) is 3. The molecule has 1 aromatic rings. The van der Waals surface area contributed by atoms with Gasteiger partial charge in [0.25, 0.3) is 0 Å². The average Bonchev–Trinajstić information content (AvgIpc) is 2.25. The third-order valence-corrected chi connectivity index (χ3v) is 2.25. The van der Waals surface area contributed by atoms with E-state index in [4.69, 9.17) is 9.47 Å². The second kappa shape index (κ2) is 6.56. The summed E-state index contributed by atoms with van der Waals surface area (Å²) in [5.41, 5.74) is 2.56. The summed E-state index contributed by atoms with van der Waals surface area (Å²) in [6.45, 7) is 3.63. The van der Waals surface area contributed by atoms with Crippen LogP contribution in [0, 0.1) is 6.92 Å². The number of hydrogen-bond donors (Lipinski definition) is 1. The van der Waals surface area contributed by atoms with Crippen molar-refractivity contribution in [3.8, 4) is 0 Å². The Kier molecular flexibility index (Phi) is 5.32. The molecule has 0 aliphatic carbocycles. The highest BCUT2D eigenvalue weighted by Crippen LogP contribution is 2.03. The normalized spacial score (nSPS) is 10.9. The lowest BCUT2D eigenvalue weighted by atomic mass is 10.1. The SMILES string of the molecule is COC(CNCc1cccc(C)c1)OC. The van der Waals surface area contributed by atoms with Crippen molar-refractivity contribution in [1.29, 1.82) is 0 Å². The minimum atomic E-state index is -0.171. The van der Waals surface area contributed by atoms with Gasteiger partial charge in [0, 0.05) is 27.3 Å². The van der Waals surface area contributed by atoms with Crippen molar-refractivity contribution in [3.63, 3.8) is 0 Å².